The monoisotopic (exact) mass is 268 g/mol. The molecule has 0 bridgehead atoms. The van der Waals surface area contributed by atoms with Crippen LogP contribution in [0.25, 0.3) is 11.0 Å². The SMILES string of the molecule is CC(C)(C)c1nc2ccc(NCc3ccc[nH]3)cc2[nH]1. The van der Waals surface area contributed by atoms with Crippen LogP contribution in [-0.2, 0) is 12.0 Å². The fraction of sp³-hybridized carbons (Fsp3) is 0.312. The minimum atomic E-state index is 0.0386. The molecule has 0 saturated heterocycles. The van der Waals surface area contributed by atoms with Gasteiger partial charge in [0, 0.05) is 23.0 Å². The Kier molecular flexibility index (Phi) is 3.01. The summed E-state index contributed by atoms with van der Waals surface area (Å²) in [5.41, 5.74) is 4.39. The highest BCUT2D eigenvalue weighted by atomic mass is 14.9. The van der Waals surface area contributed by atoms with Crippen molar-refractivity contribution in [2.24, 2.45) is 0 Å². The molecule has 1 aromatic carbocycles. The number of aromatic amines is 2. The van der Waals surface area contributed by atoms with Crippen LogP contribution in [0.3, 0.4) is 0 Å². The quantitative estimate of drug-likeness (QED) is 0.676. The third-order valence-electron chi connectivity index (χ3n) is 3.34. The van der Waals surface area contributed by atoms with E-state index in [0.29, 0.717) is 0 Å². The predicted molar refractivity (Wildman–Crippen MR) is 82.9 cm³/mol. The fourth-order valence-electron chi connectivity index (χ4n) is 2.15. The van der Waals surface area contributed by atoms with Crippen molar-refractivity contribution in [1.29, 1.82) is 0 Å². The van der Waals surface area contributed by atoms with Crippen LogP contribution in [0.1, 0.15) is 32.3 Å². The van der Waals surface area contributed by atoms with Gasteiger partial charge in [-0.05, 0) is 30.3 Å². The molecule has 3 N–H and O–H groups in total. The smallest absolute Gasteiger partial charge is 0.112 e. The molecular weight excluding hydrogens is 248 g/mol. The molecule has 0 atom stereocenters. The second-order valence-electron chi connectivity index (χ2n) is 6.12. The lowest BCUT2D eigenvalue weighted by atomic mass is 9.96. The van der Waals surface area contributed by atoms with Crippen molar-refractivity contribution in [3.63, 3.8) is 0 Å². The molecule has 4 heteroatoms. The normalized spacial score (nSPS) is 11.9. The van der Waals surface area contributed by atoms with E-state index in [2.05, 4.69) is 65.3 Å². The van der Waals surface area contributed by atoms with Crippen molar-refractivity contribution in [3.8, 4) is 0 Å². The number of hydrogen-bond acceptors (Lipinski definition) is 2. The molecule has 0 spiro atoms. The Balaban J connectivity index is 1.83. The van der Waals surface area contributed by atoms with Gasteiger partial charge in [-0.25, -0.2) is 4.98 Å². The standard InChI is InChI=1S/C16H20N4/c1-16(2,3)15-19-13-7-6-11(9-14(13)20-15)18-10-12-5-4-8-17-12/h4-9,17-18H,10H2,1-3H3,(H,19,20). The van der Waals surface area contributed by atoms with Crippen molar-refractivity contribution < 1.29 is 0 Å². The number of nitrogens with one attached hydrogen (secondary N) is 3. The Bertz CT molecular complexity index is 702. The highest BCUT2D eigenvalue weighted by Gasteiger charge is 2.18. The van der Waals surface area contributed by atoms with Crippen LogP contribution >= 0.6 is 0 Å². The van der Waals surface area contributed by atoms with Crippen LogP contribution in [0.15, 0.2) is 36.5 Å². The molecule has 0 saturated carbocycles. The van der Waals surface area contributed by atoms with Crippen LogP contribution in [0.5, 0.6) is 0 Å². The first-order valence-electron chi connectivity index (χ1n) is 6.89. The van der Waals surface area contributed by atoms with Gasteiger partial charge in [0.05, 0.1) is 17.6 Å². The first-order valence-corrected chi connectivity index (χ1v) is 6.89. The predicted octanol–water partition coefficient (Wildman–Crippen LogP) is 3.80. The van der Waals surface area contributed by atoms with Crippen molar-refractivity contribution in [3.05, 3.63) is 48.0 Å². The molecule has 0 fully saturated rings. The molecule has 0 aliphatic carbocycles. The molecule has 0 unspecified atom stereocenters. The van der Waals surface area contributed by atoms with Crippen LogP contribution in [0.2, 0.25) is 0 Å². The van der Waals surface area contributed by atoms with E-state index in [-0.39, 0.29) is 5.41 Å². The highest BCUT2D eigenvalue weighted by molar-refractivity contribution is 5.79. The van der Waals surface area contributed by atoms with Gasteiger partial charge < -0.3 is 15.3 Å². The Morgan fingerprint density at radius 2 is 2.05 bits per heavy atom. The summed E-state index contributed by atoms with van der Waals surface area (Å²) in [6.45, 7) is 7.28. The van der Waals surface area contributed by atoms with Gasteiger partial charge in [0.2, 0.25) is 0 Å². The van der Waals surface area contributed by atoms with Crippen LogP contribution in [0, 0.1) is 0 Å². The first-order chi connectivity index (χ1) is 9.52. The van der Waals surface area contributed by atoms with E-state index >= 15 is 0 Å². The topological polar surface area (TPSA) is 56.5 Å². The van der Waals surface area contributed by atoms with Crippen LogP contribution < -0.4 is 5.32 Å². The molecule has 3 aromatic rings. The Labute approximate surface area is 118 Å². The van der Waals surface area contributed by atoms with E-state index in [9.17, 15) is 0 Å². The van der Waals surface area contributed by atoms with E-state index in [1.807, 2.05) is 12.3 Å². The fourth-order valence-corrected chi connectivity index (χ4v) is 2.15. The molecule has 0 aliphatic heterocycles. The van der Waals surface area contributed by atoms with Crippen molar-refractivity contribution >= 4 is 16.7 Å². The summed E-state index contributed by atoms with van der Waals surface area (Å²) in [6, 6.07) is 10.3. The van der Waals surface area contributed by atoms with E-state index < -0.39 is 0 Å². The zero-order chi connectivity index (χ0) is 14.2. The molecular formula is C16H20N4. The third-order valence-corrected chi connectivity index (χ3v) is 3.34. The Morgan fingerprint density at radius 3 is 2.75 bits per heavy atom. The maximum absolute atomic E-state index is 4.65. The number of imidazole rings is 1. The van der Waals surface area contributed by atoms with E-state index in [4.69, 9.17) is 0 Å². The number of nitrogens with zero attached hydrogens (tertiary/aromatic N) is 1. The second kappa shape index (κ2) is 4.71. The zero-order valence-electron chi connectivity index (χ0n) is 12.1. The molecule has 2 heterocycles. The van der Waals surface area contributed by atoms with Crippen LogP contribution in [0.4, 0.5) is 5.69 Å². The largest absolute Gasteiger partial charge is 0.379 e. The Hall–Kier alpha value is -2.23. The summed E-state index contributed by atoms with van der Waals surface area (Å²) >= 11 is 0. The minimum absolute atomic E-state index is 0.0386. The first kappa shape index (κ1) is 12.8. The summed E-state index contributed by atoms with van der Waals surface area (Å²) in [7, 11) is 0. The lowest BCUT2D eigenvalue weighted by Gasteiger charge is -2.13. The summed E-state index contributed by atoms with van der Waals surface area (Å²) in [5, 5.41) is 3.41. The van der Waals surface area contributed by atoms with Crippen molar-refractivity contribution in [2.45, 2.75) is 32.7 Å². The number of anilines is 1. The van der Waals surface area contributed by atoms with Crippen molar-refractivity contribution in [2.75, 3.05) is 5.32 Å². The van der Waals surface area contributed by atoms with Gasteiger partial charge in [-0.15, -0.1) is 0 Å². The van der Waals surface area contributed by atoms with Gasteiger partial charge in [0.25, 0.3) is 0 Å². The summed E-state index contributed by atoms with van der Waals surface area (Å²) < 4.78 is 0. The van der Waals surface area contributed by atoms with Gasteiger partial charge in [-0.2, -0.15) is 0 Å². The summed E-state index contributed by atoms with van der Waals surface area (Å²) in [5.74, 6) is 1.02. The van der Waals surface area contributed by atoms with Gasteiger partial charge >= 0.3 is 0 Å². The van der Waals surface area contributed by atoms with Crippen molar-refractivity contribution in [1.82, 2.24) is 15.0 Å². The summed E-state index contributed by atoms with van der Waals surface area (Å²) in [6.07, 6.45) is 1.94. The number of fused-ring (bicyclic) bond motifs is 1. The van der Waals surface area contributed by atoms with Gasteiger partial charge in [0.15, 0.2) is 0 Å². The average molecular weight is 268 g/mol. The maximum atomic E-state index is 4.65. The van der Waals surface area contributed by atoms with Crippen LogP contribution in [-0.4, -0.2) is 15.0 Å². The minimum Gasteiger partial charge on any atom is -0.379 e. The number of benzene rings is 1. The van der Waals surface area contributed by atoms with E-state index in [1.165, 1.54) is 5.69 Å². The van der Waals surface area contributed by atoms with Gasteiger partial charge in [-0.3, -0.25) is 0 Å². The second-order valence-corrected chi connectivity index (χ2v) is 6.12. The molecule has 2 aromatic heterocycles. The lowest BCUT2D eigenvalue weighted by Crippen LogP contribution is -2.12. The molecule has 104 valence electrons. The molecule has 3 rings (SSSR count). The number of H-pyrrole nitrogens is 2. The van der Waals surface area contributed by atoms with E-state index in [1.54, 1.807) is 0 Å². The highest BCUT2D eigenvalue weighted by Crippen LogP contribution is 2.24. The average Bonchev–Trinajstić information content (AvgIpc) is 3.04. The number of hydrogen-bond donors (Lipinski definition) is 3. The molecule has 4 nitrogen and oxygen atoms in total. The Morgan fingerprint density at radius 1 is 1.20 bits per heavy atom. The lowest BCUT2D eigenvalue weighted by molar-refractivity contribution is 0.554. The molecule has 20 heavy (non-hydrogen) atoms. The van der Waals surface area contributed by atoms with E-state index in [0.717, 1.165) is 29.1 Å². The number of rotatable bonds is 3. The molecule has 0 amide bonds. The molecule has 0 radical (unpaired) electrons. The maximum Gasteiger partial charge on any atom is 0.112 e. The zero-order valence-corrected chi connectivity index (χ0v) is 12.1. The molecule has 0 aliphatic rings. The summed E-state index contributed by atoms with van der Waals surface area (Å²) in [4.78, 5) is 11.2. The van der Waals surface area contributed by atoms with Gasteiger partial charge in [-0.1, -0.05) is 20.8 Å². The van der Waals surface area contributed by atoms with Gasteiger partial charge in [0.1, 0.15) is 5.82 Å². The number of aromatic nitrogens is 3. The third kappa shape index (κ3) is 2.54.